The maximum absolute atomic E-state index is 10.6. The molecule has 0 heterocycles. The Morgan fingerprint density at radius 1 is 0.654 bits per heavy atom. The van der Waals surface area contributed by atoms with Crippen LogP contribution in [0.2, 0.25) is 0 Å². The zero-order valence-electron chi connectivity index (χ0n) is 37.2. The molecule has 2 nitrogen and oxygen atoms in total. The Labute approximate surface area is 325 Å². The second kappa shape index (κ2) is 22.7. The summed E-state index contributed by atoms with van der Waals surface area (Å²) in [7, 11) is 0. The Morgan fingerprint density at radius 2 is 1.10 bits per heavy atom. The van der Waals surface area contributed by atoms with Gasteiger partial charge in [-0.3, -0.25) is 0 Å². The van der Waals surface area contributed by atoms with Gasteiger partial charge in [-0.1, -0.05) is 126 Å². The molecule has 0 aromatic rings. The lowest BCUT2D eigenvalue weighted by Crippen LogP contribution is -2.36. The van der Waals surface area contributed by atoms with Gasteiger partial charge in [0.25, 0.3) is 0 Å². The third-order valence-corrected chi connectivity index (χ3v) is 14.7. The fourth-order valence-electron chi connectivity index (χ4n) is 8.65. The van der Waals surface area contributed by atoms with E-state index in [9.17, 15) is 10.2 Å². The molecule has 0 aliphatic heterocycles. The van der Waals surface area contributed by atoms with E-state index in [2.05, 4.69) is 127 Å². The van der Waals surface area contributed by atoms with Crippen LogP contribution in [0.5, 0.6) is 0 Å². The van der Waals surface area contributed by atoms with Crippen LogP contribution in [0.1, 0.15) is 193 Å². The molecule has 7 atom stereocenters. The number of allylic oxidation sites excluding steroid dienone is 11. The van der Waals surface area contributed by atoms with Crippen LogP contribution in [0.25, 0.3) is 0 Å². The fraction of sp³-hybridized carbons (Fsp3) is 0.760. The maximum atomic E-state index is 10.6. The van der Waals surface area contributed by atoms with Gasteiger partial charge >= 0.3 is 0 Å². The molecule has 0 radical (unpaired) electrons. The summed E-state index contributed by atoms with van der Waals surface area (Å²) < 4.78 is 0. The topological polar surface area (TPSA) is 40.5 Å². The molecule has 0 fully saturated rings. The zero-order valence-corrected chi connectivity index (χ0v) is 37.2. The monoisotopic (exact) mass is 721 g/mol. The number of hydrogen-bond acceptors (Lipinski definition) is 2. The molecule has 0 spiro atoms. The lowest BCUT2D eigenvalue weighted by molar-refractivity contribution is 0.0754. The summed E-state index contributed by atoms with van der Waals surface area (Å²) in [6.07, 6.45) is 28.8. The molecule has 0 amide bonds. The highest BCUT2D eigenvalue weighted by Gasteiger charge is 2.38. The molecule has 2 N–H and O–H groups in total. The minimum atomic E-state index is 0.0886. The molecular weight excluding hydrogens is 633 g/mol. The first-order valence-electron chi connectivity index (χ1n) is 21.6. The summed E-state index contributed by atoms with van der Waals surface area (Å²) in [5.41, 5.74) is 9.41. The standard InChI is InChI=1S/C50H88O2/c1-16-47(12,30-20-24-38(5)6)40(9)26-22-32-49(14,18-3)42(11)28-29-43-34-45(35-44(36-51)46(43)37-52)50(15,19-4)33-23-27-41(10)48(13,17-2)31-21-25-39(7)8/h24-27,34,43-44,46,51-52H,11,16-23,28-33,35-37H2,1-10,12-15H3/b40-26+,41-27+. The van der Waals surface area contributed by atoms with Crippen molar-refractivity contribution in [3.05, 3.63) is 70.4 Å². The smallest absolute Gasteiger partial charge is 0.0468 e. The van der Waals surface area contributed by atoms with E-state index in [4.69, 9.17) is 6.58 Å². The molecule has 0 bridgehead atoms. The fourth-order valence-corrected chi connectivity index (χ4v) is 8.65. The molecule has 0 aromatic heterocycles. The third-order valence-electron chi connectivity index (χ3n) is 14.7. The Balaban J connectivity index is 3.14. The van der Waals surface area contributed by atoms with Crippen molar-refractivity contribution in [1.29, 1.82) is 0 Å². The molecule has 300 valence electrons. The van der Waals surface area contributed by atoms with Crippen molar-refractivity contribution in [2.75, 3.05) is 13.2 Å². The van der Waals surface area contributed by atoms with Gasteiger partial charge in [-0.15, -0.1) is 0 Å². The van der Waals surface area contributed by atoms with Crippen molar-refractivity contribution in [3.63, 3.8) is 0 Å². The Bertz CT molecular complexity index is 1230. The number of aliphatic hydroxyl groups is 2. The first-order valence-corrected chi connectivity index (χ1v) is 21.6. The van der Waals surface area contributed by atoms with E-state index in [0.29, 0.717) is 0 Å². The van der Waals surface area contributed by atoms with Crippen LogP contribution < -0.4 is 0 Å². The largest absolute Gasteiger partial charge is 0.396 e. The van der Waals surface area contributed by atoms with E-state index in [-0.39, 0.29) is 52.6 Å². The number of hydrogen-bond donors (Lipinski definition) is 2. The molecule has 0 saturated carbocycles. The van der Waals surface area contributed by atoms with Gasteiger partial charge in [0.1, 0.15) is 0 Å². The van der Waals surface area contributed by atoms with Gasteiger partial charge in [-0.05, 0) is 177 Å². The molecule has 52 heavy (non-hydrogen) atoms. The second-order valence-electron chi connectivity index (χ2n) is 18.6. The van der Waals surface area contributed by atoms with Gasteiger partial charge in [-0.2, -0.15) is 0 Å². The lowest BCUT2D eigenvalue weighted by Gasteiger charge is -2.42. The molecular formula is C50H88O2. The van der Waals surface area contributed by atoms with Crippen LogP contribution in [-0.4, -0.2) is 23.4 Å². The van der Waals surface area contributed by atoms with E-state index in [1.54, 1.807) is 0 Å². The summed E-state index contributed by atoms with van der Waals surface area (Å²) in [6.45, 7) is 37.6. The number of aliphatic hydroxyl groups excluding tert-OH is 2. The average Bonchev–Trinajstić information content (AvgIpc) is 3.12. The first kappa shape index (κ1) is 48.4. The zero-order chi connectivity index (χ0) is 39.8. The first-order chi connectivity index (χ1) is 24.3. The van der Waals surface area contributed by atoms with Gasteiger partial charge in [0.15, 0.2) is 0 Å². The summed E-state index contributed by atoms with van der Waals surface area (Å²) in [5.74, 6) is 0.478. The summed E-state index contributed by atoms with van der Waals surface area (Å²) >= 11 is 0. The molecule has 2 heteroatoms. The van der Waals surface area contributed by atoms with Crippen LogP contribution >= 0.6 is 0 Å². The predicted molar refractivity (Wildman–Crippen MR) is 233 cm³/mol. The Hall–Kier alpha value is -1.64. The second-order valence-corrected chi connectivity index (χ2v) is 18.6. The van der Waals surface area contributed by atoms with Crippen LogP contribution in [0.3, 0.4) is 0 Å². The van der Waals surface area contributed by atoms with Crippen molar-refractivity contribution < 1.29 is 10.2 Å². The maximum Gasteiger partial charge on any atom is 0.0468 e. The van der Waals surface area contributed by atoms with Gasteiger partial charge < -0.3 is 10.2 Å². The number of rotatable bonds is 25. The summed E-state index contributed by atoms with van der Waals surface area (Å²) in [4.78, 5) is 0. The molecule has 1 rings (SSSR count). The average molecular weight is 721 g/mol. The normalized spacial score (nSPS) is 23.1. The Morgan fingerprint density at radius 3 is 1.50 bits per heavy atom. The van der Waals surface area contributed by atoms with Crippen LogP contribution in [-0.2, 0) is 0 Å². The van der Waals surface area contributed by atoms with Crippen LogP contribution in [0.15, 0.2) is 70.4 Å². The van der Waals surface area contributed by atoms with E-state index >= 15 is 0 Å². The highest BCUT2D eigenvalue weighted by atomic mass is 16.3. The van der Waals surface area contributed by atoms with Gasteiger partial charge in [0, 0.05) is 13.2 Å². The molecule has 1 aliphatic rings. The van der Waals surface area contributed by atoms with E-state index in [1.165, 1.54) is 59.1 Å². The van der Waals surface area contributed by atoms with Crippen LogP contribution in [0.4, 0.5) is 0 Å². The Kier molecular flexibility index (Phi) is 21.1. The van der Waals surface area contributed by atoms with Crippen molar-refractivity contribution in [1.82, 2.24) is 0 Å². The lowest BCUT2D eigenvalue weighted by atomic mass is 9.63. The van der Waals surface area contributed by atoms with Crippen molar-refractivity contribution in [3.8, 4) is 0 Å². The predicted octanol–water partition coefficient (Wildman–Crippen LogP) is 15.1. The molecule has 0 aromatic carbocycles. The quantitative estimate of drug-likeness (QED) is 0.0922. The van der Waals surface area contributed by atoms with Crippen molar-refractivity contribution in [2.24, 2.45) is 39.4 Å². The summed E-state index contributed by atoms with van der Waals surface area (Å²) in [6, 6.07) is 0. The van der Waals surface area contributed by atoms with Crippen LogP contribution in [0, 0.1) is 39.4 Å². The molecule has 1 aliphatic carbocycles. The van der Waals surface area contributed by atoms with E-state index < -0.39 is 0 Å². The highest BCUT2D eigenvalue weighted by Crippen LogP contribution is 2.48. The minimum Gasteiger partial charge on any atom is -0.396 e. The van der Waals surface area contributed by atoms with Gasteiger partial charge in [0.2, 0.25) is 0 Å². The van der Waals surface area contributed by atoms with Gasteiger partial charge in [0.05, 0.1) is 0 Å². The molecule has 0 saturated heterocycles. The third kappa shape index (κ3) is 14.2. The highest BCUT2D eigenvalue weighted by molar-refractivity contribution is 5.22. The molecule has 7 unspecified atom stereocenters. The summed E-state index contributed by atoms with van der Waals surface area (Å²) in [5, 5.41) is 21.2. The van der Waals surface area contributed by atoms with E-state index in [0.717, 1.165) is 70.6 Å². The van der Waals surface area contributed by atoms with Crippen molar-refractivity contribution >= 4 is 0 Å². The SMILES string of the molecule is C=C(CCC1C=C(C(C)(CC)CC/C=C(\C)C(C)(CC)CCC=C(C)C)CC(CO)C1CO)C(C)(CC)CC/C=C(\C)C(C)(CC)CCC=C(C)C. The minimum absolute atomic E-state index is 0.0886. The van der Waals surface area contributed by atoms with E-state index in [1.807, 2.05) is 0 Å². The van der Waals surface area contributed by atoms with Crippen molar-refractivity contribution in [2.45, 2.75) is 193 Å². The van der Waals surface area contributed by atoms with Gasteiger partial charge in [-0.25, -0.2) is 0 Å².